The molecule has 6 aliphatic rings. The molecule has 0 radical (unpaired) electrons. The molecule has 10 rings (SSSR count). The second kappa shape index (κ2) is 12.9. The molecule has 0 unspecified atom stereocenters. The topological polar surface area (TPSA) is 189 Å². The van der Waals surface area contributed by atoms with E-state index in [9.17, 15) is 16.8 Å². The Bertz CT molecular complexity index is 1980. The molecule has 6 N–H and O–H groups in total. The zero-order chi connectivity index (χ0) is 34.6. The molecular weight excluding hydrogens is 665 g/mol. The largest absolute Gasteiger partial charge is 0.368 e. The van der Waals surface area contributed by atoms with E-state index in [-0.39, 0.29) is 0 Å². The number of fused-ring (bicyclic) bond motifs is 2. The second-order valence-electron chi connectivity index (χ2n) is 14.5. The molecule has 2 aliphatic heterocycles. The Kier molecular flexibility index (Phi) is 8.87. The summed E-state index contributed by atoms with van der Waals surface area (Å²) in [5, 5.41) is 9.62. The molecule has 262 valence electrons. The molecule has 4 heterocycles. The molecule has 2 aromatic heterocycles. The summed E-state index contributed by atoms with van der Waals surface area (Å²) in [6.07, 6.45) is 14.6. The summed E-state index contributed by atoms with van der Waals surface area (Å²) in [5.41, 5.74) is 8.11. The lowest BCUT2D eigenvalue weighted by atomic mass is 9.45. The number of hydrogen-bond donors (Lipinski definition) is 6. The Hall–Kier alpha value is -3.72. The normalized spacial score (nSPS) is 25.7. The lowest BCUT2D eigenvalue weighted by Crippen LogP contribution is -2.49. The first-order valence-electron chi connectivity index (χ1n) is 16.9. The Balaban J connectivity index is 0.000000336. The van der Waals surface area contributed by atoms with Crippen LogP contribution in [0.4, 0.5) is 0 Å². The fraction of sp³-hybridized carbons (Fsp3) is 0.486. The average Bonchev–Trinajstić information content (AvgIpc) is 3.83. The third-order valence-corrected chi connectivity index (χ3v) is 10.6. The Labute approximate surface area is 286 Å². The van der Waals surface area contributed by atoms with Gasteiger partial charge >= 0.3 is 0 Å². The van der Waals surface area contributed by atoms with Gasteiger partial charge in [-0.25, -0.2) is 0 Å². The number of amidine groups is 2. The van der Waals surface area contributed by atoms with E-state index in [0.29, 0.717) is 23.8 Å². The number of aromatic nitrogens is 2. The minimum Gasteiger partial charge on any atom is -0.368 e. The van der Waals surface area contributed by atoms with E-state index in [4.69, 9.17) is 9.11 Å². The lowest BCUT2D eigenvalue weighted by molar-refractivity contribution is -0.0614. The molecule has 49 heavy (non-hydrogen) atoms. The molecule has 4 bridgehead atoms. The van der Waals surface area contributed by atoms with Crippen molar-refractivity contribution in [2.75, 3.05) is 38.7 Å². The standard InChI is InChI=1S/C33H36N6.2CH4O3S/c1-3-24-26(17-38-28(24)12-22(1)31-34-5-6-35-31)30(33-14-19-9-20(15-33)11-21(10-19)16-33)27-18-39-29-13-23(2-4-25(27)29)32-36-7-8-37-32;2*1-5(2,3)4/h1-4,12-13,17-21,30,38-39H,5-11,14-16H2,(H,34,35)(H,36,37);2*1H3,(H,2,3,4). The van der Waals surface area contributed by atoms with Crippen LogP contribution in [0.3, 0.4) is 0 Å². The van der Waals surface area contributed by atoms with Crippen LogP contribution in [-0.2, 0) is 20.2 Å². The zero-order valence-electron chi connectivity index (χ0n) is 27.7. The number of H-pyrrole nitrogens is 2. The Morgan fingerprint density at radius 1 is 0.694 bits per heavy atom. The Morgan fingerprint density at radius 3 is 1.43 bits per heavy atom. The fourth-order valence-corrected chi connectivity index (χ4v) is 9.61. The van der Waals surface area contributed by atoms with Crippen molar-refractivity contribution >= 4 is 53.7 Å². The minimum atomic E-state index is -3.67. The smallest absolute Gasteiger partial charge is 0.261 e. The maximum absolute atomic E-state index is 9.19. The maximum atomic E-state index is 9.19. The third-order valence-electron chi connectivity index (χ3n) is 10.6. The Morgan fingerprint density at radius 2 is 1.08 bits per heavy atom. The second-order valence-corrected chi connectivity index (χ2v) is 17.4. The summed E-state index contributed by atoms with van der Waals surface area (Å²) in [4.78, 5) is 16.7. The van der Waals surface area contributed by atoms with E-state index in [1.165, 1.54) is 82.6 Å². The first kappa shape index (κ1) is 33.8. The molecule has 4 saturated carbocycles. The van der Waals surface area contributed by atoms with Crippen LogP contribution < -0.4 is 10.6 Å². The molecule has 12 nitrogen and oxygen atoms in total. The van der Waals surface area contributed by atoms with Gasteiger partial charge in [0.25, 0.3) is 20.2 Å². The van der Waals surface area contributed by atoms with Gasteiger partial charge in [0.05, 0.1) is 25.6 Å². The van der Waals surface area contributed by atoms with Crippen molar-refractivity contribution < 1.29 is 25.9 Å². The van der Waals surface area contributed by atoms with Crippen LogP contribution in [0.15, 0.2) is 58.8 Å². The highest BCUT2D eigenvalue weighted by Gasteiger charge is 2.55. The van der Waals surface area contributed by atoms with Crippen molar-refractivity contribution in [1.82, 2.24) is 20.6 Å². The number of aromatic amines is 2. The van der Waals surface area contributed by atoms with Gasteiger partial charge in [-0.2, -0.15) is 16.8 Å². The van der Waals surface area contributed by atoms with Gasteiger partial charge < -0.3 is 20.6 Å². The van der Waals surface area contributed by atoms with Gasteiger partial charge in [0.15, 0.2) is 0 Å². The summed E-state index contributed by atoms with van der Waals surface area (Å²) in [5.74, 6) is 5.16. The van der Waals surface area contributed by atoms with Crippen LogP contribution in [-0.4, -0.2) is 86.3 Å². The van der Waals surface area contributed by atoms with Gasteiger partial charge in [0.1, 0.15) is 11.7 Å². The molecule has 0 saturated heterocycles. The van der Waals surface area contributed by atoms with Gasteiger partial charge in [-0.05, 0) is 85.0 Å². The van der Waals surface area contributed by atoms with Gasteiger partial charge in [-0.3, -0.25) is 19.1 Å². The summed E-state index contributed by atoms with van der Waals surface area (Å²) in [6.45, 7) is 3.60. The predicted octanol–water partition coefficient (Wildman–Crippen LogP) is 4.71. The predicted molar refractivity (Wildman–Crippen MR) is 193 cm³/mol. The summed E-state index contributed by atoms with van der Waals surface area (Å²) in [6, 6.07) is 13.8. The highest BCUT2D eigenvalue weighted by molar-refractivity contribution is 7.85. The van der Waals surface area contributed by atoms with E-state index in [1.54, 1.807) is 0 Å². The number of benzene rings is 2. The van der Waals surface area contributed by atoms with E-state index in [2.05, 4.69) is 79.4 Å². The van der Waals surface area contributed by atoms with Crippen molar-refractivity contribution in [1.29, 1.82) is 0 Å². The highest BCUT2D eigenvalue weighted by Crippen LogP contribution is 2.66. The van der Waals surface area contributed by atoms with Crippen molar-refractivity contribution in [2.24, 2.45) is 33.2 Å². The number of aliphatic imine (C=N–C) groups is 2. The zero-order valence-corrected chi connectivity index (χ0v) is 29.4. The van der Waals surface area contributed by atoms with Gasteiger partial charge in [0.2, 0.25) is 0 Å². The molecule has 0 spiro atoms. The minimum absolute atomic E-state index is 0.338. The first-order chi connectivity index (χ1) is 23.2. The van der Waals surface area contributed by atoms with Crippen LogP contribution in [0.25, 0.3) is 21.8 Å². The van der Waals surface area contributed by atoms with E-state index >= 15 is 0 Å². The quantitative estimate of drug-likeness (QED) is 0.161. The van der Waals surface area contributed by atoms with Crippen molar-refractivity contribution in [3.05, 3.63) is 71.0 Å². The molecule has 2 aromatic carbocycles. The third kappa shape index (κ3) is 7.42. The van der Waals surface area contributed by atoms with Crippen LogP contribution in [0, 0.1) is 23.2 Å². The number of nitrogens with zero attached hydrogens (tertiary/aromatic N) is 2. The van der Waals surface area contributed by atoms with Gasteiger partial charge in [-0.15, -0.1) is 0 Å². The SMILES string of the molecule is CS(=O)(=O)O.CS(=O)(=O)O.c1cc2c(C(c3c[nH]c4cc(C5=NCCN5)ccc34)C34CC5CC(CC(C5)C3)C4)c[nH]c2cc1C1=NCCN1. The summed E-state index contributed by atoms with van der Waals surface area (Å²) < 4.78 is 51.7. The van der Waals surface area contributed by atoms with Crippen molar-refractivity contribution in [2.45, 2.75) is 44.4 Å². The van der Waals surface area contributed by atoms with Gasteiger partial charge in [0, 0.05) is 64.3 Å². The van der Waals surface area contributed by atoms with Crippen LogP contribution in [0.5, 0.6) is 0 Å². The monoisotopic (exact) mass is 708 g/mol. The van der Waals surface area contributed by atoms with E-state index in [0.717, 1.165) is 55.6 Å². The summed E-state index contributed by atoms with van der Waals surface area (Å²) >= 11 is 0. The lowest BCUT2D eigenvalue weighted by Gasteiger charge is -2.59. The molecular formula is C35H44N6O6S2. The fourth-order valence-electron chi connectivity index (χ4n) is 9.61. The van der Waals surface area contributed by atoms with Crippen LogP contribution in [0.1, 0.15) is 66.7 Å². The van der Waals surface area contributed by atoms with Crippen molar-refractivity contribution in [3.8, 4) is 0 Å². The van der Waals surface area contributed by atoms with Crippen LogP contribution in [0.2, 0.25) is 0 Å². The van der Waals surface area contributed by atoms with Gasteiger partial charge in [-0.1, -0.05) is 24.3 Å². The molecule has 4 aromatic rings. The molecule has 0 amide bonds. The number of rotatable bonds is 5. The van der Waals surface area contributed by atoms with Crippen LogP contribution >= 0.6 is 0 Å². The average molecular weight is 709 g/mol. The van der Waals surface area contributed by atoms with E-state index < -0.39 is 20.2 Å². The first-order valence-corrected chi connectivity index (χ1v) is 20.6. The molecule has 14 heteroatoms. The van der Waals surface area contributed by atoms with E-state index in [1.807, 2.05) is 0 Å². The highest BCUT2D eigenvalue weighted by atomic mass is 32.2. The van der Waals surface area contributed by atoms with Crippen molar-refractivity contribution in [3.63, 3.8) is 0 Å². The molecule has 0 atom stereocenters. The molecule has 4 fully saturated rings. The number of hydrogen-bond acceptors (Lipinski definition) is 8. The maximum Gasteiger partial charge on any atom is 0.261 e. The summed E-state index contributed by atoms with van der Waals surface area (Å²) in [7, 11) is -7.33. The molecule has 4 aliphatic carbocycles. The number of nitrogens with one attached hydrogen (secondary N) is 4.